The van der Waals surface area contributed by atoms with Gasteiger partial charge >= 0.3 is 0 Å². The fraction of sp³-hybridized carbons (Fsp3) is 1.00. The van der Waals surface area contributed by atoms with Crippen LogP contribution in [0.4, 0.5) is 0 Å². The molecule has 2 unspecified atom stereocenters. The molecule has 1 heterocycles. The van der Waals surface area contributed by atoms with Crippen LogP contribution >= 0.6 is 0 Å². The first kappa shape index (κ1) is 7.07. The summed E-state index contributed by atoms with van der Waals surface area (Å²) in [6.07, 6.45) is 2.45. The van der Waals surface area contributed by atoms with Crippen molar-refractivity contribution >= 4 is 0 Å². The second-order valence-corrected chi connectivity index (χ2v) is 3.27. The van der Waals surface area contributed by atoms with Gasteiger partial charge in [0.2, 0.25) is 0 Å². The molecule has 9 heavy (non-hydrogen) atoms. The van der Waals surface area contributed by atoms with Crippen LogP contribution in [-0.4, -0.2) is 12.2 Å². The molecule has 1 aliphatic rings. The van der Waals surface area contributed by atoms with Crippen molar-refractivity contribution < 1.29 is 4.74 Å². The Balaban J connectivity index is 2.34. The zero-order chi connectivity index (χ0) is 6.91. The van der Waals surface area contributed by atoms with Gasteiger partial charge in [-0.25, -0.2) is 0 Å². The lowest BCUT2D eigenvalue weighted by Gasteiger charge is -2.45. The van der Waals surface area contributed by atoms with Gasteiger partial charge in [-0.2, -0.15) is 0 Å². The fourth-order valence-electron chi connectivity index (χ4n) is 1.35. The minimum absolute atomic E-state index is 0.231. The van der Waals surface area contributed by atoms with Crippen molar-refractivity contribution in [1.82, 2.24) is 0 Å². The quantitative estimate of drug-likeness (QED) is 0.554. The fourth-order valence-corrected chi connectivity index (χ4v) is 1.35. The van der Waals surface area contributed by atoms with Gasteiger partial charge in [0.05, 0.1) is 12.2 Å². The SMILES string of the molecule is CCCC1(C)OCC1C. The average Bonchev–Trinajstić information content (AvgIpc) is 1.86. The van der Waals surface area contributed by atoms with Crippen LogP contribution < -0.4 is 0 Å². The van der Waals surface area contributed by atoms with E-state index in [2.05, 4.69) is 20.8 Å². The van der Waals surface area contributed by atoms with Gasteiger partial charge in [-0.3, -0.25) is 0 Å². The van der Waals surface area contributed by atoms with E-state index in [-0.39, 0.29) is 5.60 Å². The molecule has 0 N–H and O–H groups in total. The van der Waals surface area contributed by atoms with Crippen LogP contribution in [0, 0.1) is 5.92 Å². The molecule has 0 spiro atoms. The molecule has 0 amide bonds. The molecule has 1 fully saturated rings. The molecule has 0 bridgehead atoms. The zero-order valence-electron chi connectivity index (χ0n) is 6.61. The number of rotatable bonds is 2. The molecule has 1 saturated heterocycles. The minimum atomic E-state index is 0.231. The summed E-state index contributed by atoms with van der Waals surface area (Å²) in [6, 6.07) is 0. The van der Waals surface area contributed by atoms with E-state index in [9.17, 15) is 0 Å². The second kappa shape index (κ2) is 2.30. The summed E-state index contributed by atoms with van der Waals surface area (Å²) < 4.78 is 5.47. The molecule has 2 atom stereocenters. The van der Waals surface area contributed by atoms with Gasteiger partial charge in [0.15, 0.2) is 0 Å². The normalized spacial score (nSPS) is 42.3. The first-order valence-electron chi connectivity index (χ1n) is 3.83. The standard InChI is InChI=1S/C8H16O/c1-4-5-8(3)7(2)6-9-8/h7H,4-6H2,1-3H3. The molecule has 0 aromatic heterocycles. The van der Waals surface area contributed by atoms with Gasteiger partial charge in [0.25, 0.3) is 0 Å². The maximum absolute atomic E-state index is 5.47. The lowest BCUT2D eigenvalue weighted by Crippen LogP contribution is -2.49. The van der Waals surface area contributed by atoms with Gasteiger partial charge in [0.1, 0.15) is 0 Å². The number of hydrogen-bond acceptors (Lipinski definition) is 1. The Hall–Kier alpha value is -0.0400. The van der Waals surface area contributed by atoms with Crippen LogP contribution in [0.5, 0.6) is 0 Å². The van der Waals surface area contributed by atoms with Crippen LogP contribution in [0.3, 0.4) is 0 Å². The Bertz CT molecular complexity index is 101. The molecule has 1 rings (SSSR count). The Morgan fingerprint density at radius 2 is 2.33 bits per heavy atom. The van der Waals surface area contributed by atoms with E-state index in [0.717, 1.165) is 12.5 Å². The Kier molecular flexibility index (Phi) is 1.80. The third-order valence-electron chi connectivity index (χ3n) is 2.45. The lowest BCUT2D eigenvalue weighted by molar-refractivity contribution is -0.189. The monoisotopic (exact) mass is 128 g/mol. The smallest absolute Gasteiger partial charge is 0.0701 e. The van der Waals surface area contributed by atoms with E-state index >= 15 is 0 Å². The van der Waals surface area contributed by atoms with Crippen LogP contribution in [0.15, 0.2) is 0 Å². The van der Waals surface area contributed by atoms with Gasteiger partial charge in [-0.05, 0) is 13.3 Å². The highest BCUT2D eigenvalue weighted by molar-refractivity contribution is 4.88. The maximum Gasteiger partial charge on any atom is 0.0701 e. The third-order valence-corrected chi connectivity index (χ3v) is 2.45. The molecule has 0 aromatic carbocycles. The molecule has 0 saturated carbocycles. The Morgan fingerprint density at radius 1 is 1.67 bits per heavy atom. The van der Waals surface area contributed by atoms with Crippen molar-refractivity contribution in [3.05, 3.63) is 0 Å². The average molecular weight is 128 g/mol. The molecular formula is C8H16O. The second-order valence-electron chi connectivity index (χ2n) is 3.27. The largest absolute Gasteiger partial charge is 0.375 e. The number of hydrogen-bond donors (Lipinski definition) is 0. The predicted octanol–water partition coefficient (Wildman–Crippen LogP) is 2.21. The molecule has 54 valence electrons. The van der Waals surface area contributed by atoms with Gasteiger partial charge in [0, 0.05) is 5.92 Å². The van der Waals surface area contributed by atoms with Gasteiger partial charge in [-0.15, -0.1) is 0 Å². The highest BCUT2D eigenvalue weighted by Gasteiger charge is 2.39. The van der Waals surface area contributed by atoms with Crippen molar-refractivity contribution in [2.75, 3.05) is 6.61 Å². The first-order chi connectivity index (χ1) is 4.19. The highest BCUT2D eigenvalue weighted by atomic mass is 16.5. The summed E-state index contributed by atoms with van der Waals surface area (Å²) in [6.45, 7) is 7.65. The zero-order valence-corrected chi connectivity index (χ0v) is 6.61. The van der Waals surface area contributed by atoms with Crippen molar-refractivity contribution in [1.29, 1.82) is 0 Å². The van der Waals surface area contributed by atoms with Crippen molar-refractivity contribution in [2.45, 2.75) is 39.2 Å². The summed E-state index contributed by atoms with van der Waals surface area (Å²) in [5.41, 5.74) is 0.231. The summed E-state index contributed by atoms with van der Waals surface area (Å²) in [5.74, 6) is 0.775. The topological polar surface area (TPSA) is 9.23 Å². The predicted molar refractivity (Wildman–Crippen MR) is 38.4 cm³/mol. The van der Waals surface area contributed by atoms with E-state index in [1.807, 2.05) is 0 Å². The summed E-state index contributed by atoms with van der Waals surface area (Å²) in [4.78, 5) is 0. The Morgan fingerprint density at radius 3 is 2.44 bits per heavy atom. The maximum atomic E-state index is 5.47. The number of ether oxygens (including phenoxy) is 1. The van der Waals surface area contributed by atoms with E-state index in [1.165, 1.54) is 12.8 Å². The first-order valence-corrected chi connectivity index (χ1v) is 3.83. The van der Waals surface area contributed by atoms with Gasteiger partial charge < -0.3 is 4.74 Å². The minimum Gasteiger partial charge on any atom is -0.375 e. The lowest BCUT2D eigenvalue weighted by atomic mass is 9.82. The van der Waals surface area contributed by atoms with E-state index < -0.39 is 0 Å². The van der Waals surface area contributed by atoms with E-state index in [1.54, 1.807) is 0 Å². The van der Waals surface area contributed by atoms with Crippen molar-refractivity contribution in [3.8, 4) is 0 Å². The molecule has 1 nitrogen and oxygen atoms in total. The third kappa shape index (κ3) is 1.11. The summed E-state index contributed by atoms with van der Waals surface area (Å²) >= 11 is 0. The summed E-state index contributed by atoms with van der Waals surface area (Å²) in [7, 11) is 0. The van der Waals surface area contributed by atoms with Crippen LogP contribution in [0.2, 0.25) is 0 Å². The molecule has 0 aromatic rings. The highest BCUT2D eigenvalue weighted by Crippen LogP contribution is 2.35. The van der Waals surface area contributed by atoms with Crippen LogP contribution in [0.25, 0.3) is 0 Å². The van der Waals surface area contributed by atoms with Crippen LogP contribution in [-0.2, 0) is 4.74 Å². The van der Waals surface area contributed by atoms with Crippen LogP contribution in [0.1, 0.15) is 33.6 Å². The van der Waals surface area contributed by atoms with E-state index in [4.69, 9.17) is 4.74 Å². The molecule has 0 radical (unpaired) electrons. The molecular weight excluding hydrogens is 112 g/mol. The Labute approximate surface area is 57.4 Å². The summed E-state index contributed by atoms with van der Waals surface area (Å²) in [5, 5.41) is 0. The van der Waals surface area contributed by atoms with Crippen molar-refractivity contribution in [2.24, 2.45) is 5.92 Å². The van der Waals surface area contributed by atoms with Gasteiger partial charge in [-0.1, -0.05) is 20.3 Å². The van der Waals surface area contributed by atoms with Crippen molar-refractivity contribution in [3.63, 3.8) is 0 Å². The molecule has 0 aliphatic carbocycles. The molecule has 1 aliphatic heterocycles. The van der Waals surface area contributed by atoms with E-state index in [0.29, 0.717) is 0 Å². The molecule has 1 heteroatoms.